The van der Waals surface area contributed by atoms with Gasteiger partial charge in [-0.05, 0) is 26.1 Å². The van der Waals surface area contributed by atoms with Crippen molar-refractivity contribution in [3.8, 4) is 11.4 Å². The van der Waals surface area contributed by atoms with E-state index in [0.29, 0.717) is 11.7 Å². The molecule has 3 aromatic heterocycles. The number of pyridine rings is 1. The number of aromatic nitrogens is 4. The van der Waals surface area contributed by atoms with Crippen molar-refractivity contribution in [2.45, 2.75) is 19.1 Å². The van der Waals surface area contributed by atoms with Gasteiger partial charge in [-0.25, -0.2) is 4.98 Å². The van der Waals surface area contributed by atoms with Gasteiger partial charge in [-0.15, -0.1) is 0 Å². The number of hydrogen-bond acceptors (Lipinski definition) is 6. The highest BCUT2D eigenvalue weighted by atomic mass is 16.5. The fraction of sp³-hybridized carbons (Fsp3) is 0.400. The van der Waals surface area contributed by atoms with E-state index < -0.39 is 0 Å². The number of fused-ring (bicyclic) bond motifs is 1. The minimum atomic E-state index is -0.186. The first-order valence-corrected chi connectivity index (χ1v) is 7.30. The minimum absolute atomic E-state index is 0.148. The molecule has 0 bridgehead atoms. The van der Waals surface area contributed by atoms with Gasteiger partial charge >= 0.3 is 0 Å². The first-order valence-electron chi connectivity index (χ1n) is 7.30. The molecule has 7 nitrogen and oxygen atoms in total. The van der Waals surface area contributed by atoms with Crippen molar-refractivity contribution in [2.24, 2.45) is 0 Å². The number of rotatable bonds is 2. The highest BCUT2D eigenvalue weighted by Gasteiger charge is 2.29. The van der Waals surface area contributed by atoms with Crippen molar-refractivity contribution in [3.63, 3.8) is 0 Å². The van der Waals surface area contributed by atoms with Crippen LogP contribution >= 0.6 is 0 Å². The fourth-order valence-electron chi connectivity index (χ4n) is 2.90. The molecule has 0 aliphatic carbocycles. The molecular weight excluding hydrogens is 282 g/mol. The average molecular weight is 299 g/mol. The van der Waals surface area contributed by atoms with Gasteiger partial charge in [-0.3, -0.25) is 0 Å². The topological polar surface area (TPSA) is 68.7 Å². The third kappa shape index (κ3) is 2.28. The van der Waals surface area contributed by atoms with Crippen LogP contribution in [-0.4, -0.2) is 50.7 Å². The lowest BCUT2D eigenvalue weighted by Gasteiger charge is -2.32. The molecular formula is C15H17N5O2. The van der Waals surface area contributed by atoms with E-state index >= 15 is 0 Å². The largest absolute Gasteiger partial charge is 0.363 e. The third-order valence-electron chi connectivity index (χ3n) is 3.82. The molecule has 4 rings (SSSR count). The van der Waals surface area contributed by atoms with Crippen molar-refractivity contribution in [2.75, 3.05) is 20.1 Å². The quantitative estimate of drug-likeness (QED) is 0.718. The maximum Gasteiger partial charge on any atom is 0.257 e. The van der Waals surface area contributed by atoms with Crippen LogP contribution in [0.3, 0.4) is 0 Å². The molecule has 2 atom stereocenters. The molecule has 0 saturated carbocycles. The molecule has 0 unspecified atom stereocenters. The van der Waals surface area contributed by atoms with Crippen LogP contribution in [0, 0.1) is 0 Å². The summed E-state index contributed by atoms with van der Waals surface area (Å²) in [6, 6.07) is 3.88. The van der Waals surface area contributed by atoms with Gasteiger partial charge in [-0.2, -0.15) is 4.98 Å². The Bertz CT molecular complexity index is 786. The second-order valence-corrected chi connectivity index (χ2v) is 5.69. The Balaban J connectivity index is 1.68. The number of nitrogens with zero attached hydrogens (tertiary/aromatic N) is 5. The van der Waals surface area contributed by atoms with Gasteiger partial charge in [0.05, 0.1) is 11.7 Å². The molecule has 1 fully saturated rings. The highest BCUT2D eigenvalue weighted by Crippen LogP contribution is 2.26. The van der Waals surface area contributed by atoms with Gasteiger partial charge in [0.1, 0.15) is 11.8 Å². The molecule has 0 aromatic carbocycles. The normalized spacial score (nSPS) is 23.2. The predicted molar refractivity (Wildman–Crippen MR) is 79.3 cm³/mol. The molecule has 1 aliphatic rings. The SMILES string of the molecule is C[C@@H]1CN(C)C[C@H](c2nc(-c3cccn4ccnc34)no2)O1. The maximum atomic E-state index is 5.91. The van der Waals surface area contributed by atoms with Gasteiger partial charge in [0, 0.05) is 31.7 Å². The van der Waals surface area contributed by atoms with Crippen LogP contribution in [0.5, 0.6) is 0 Å². The molecule has 4 heterocycles. The van der Waals surface area contributed by atoms with E-state index in [4.69, 9.17) is 9.26 Å². The molecule has 114 valence electrons. The molecule has 1 aliphatic heterocycles. The summed E-state index contributed by atoms with van der Waals surface area (Å²) in [5.74, 6) is 1.05. The summed E-state index contributed by atoms with van der Waals surface area (Å²) < 4.78 is 13.3. The Morgan fingerprint density at radius 1 is 1.27 bits per heavy atom. The van der Waals surface area contributed by atoms with E-state index in [1.807, 2.05) is 35.9 Å². The summed E-state index contributed by atoms with van der Waals surface area (Å²) in [6.45, 7) is 3.70. The highest BCUT2D eigenvalue weighted by molar-refractivity contribution is 5.72. The van der Waals surface area contributed by atoms with Crippen LogP contribution in [0.1, 0.15) is 18.9 Å². The Kier molecular flexibility index (Phi) is 3.16. The lowest BCUT2D eigenvalue weighted by molar-refractivity contribution is -0.0838. The lowest BCUT2D eigenvalue weighted by atomic mass is 10.2. The standard InChI is InChI=1S/C15H17N5O2/c1-10-8-19(2)9-12(21-10)15-17-13(18-22-15)11-4-3-6-20-7-5-16-14(11)20/h3-7,10,12H,8-9H2,1-2H3/t10-,12-/m1/s1. The Hall–Kier alpha value is -2.25. The zero-order chi connectivity index (χ0) is 15.1. The fourth-order valence-corrected chi connectivity index (χ4v) is 2.90. The predicted octanol–water partition coefficient (Wildman–Crippen LogP) is 1.78. The summed E-state index contributed by atoms with van der Waals surface area (Å²) in [4.78, 5) is 11.1. The number of ether oxygens (including phenoxy) is 1. The zero-order valence-corrected chi connectivity index (χ0v) is 12.5. The molecule has 1 saturated heterocycles. The van der Waals surface area contributed by atoms with Crippen molar-refractivity contribution >= 4 is 5.65 Å². The Labute approximate surface area is 127 Å². The van der Waals surface area contributed by atoms with Gasteiger partial charge in [-0.1, -0.05) is 5.16 Å². The average Bonchev–Trinajstić information content (AvgIpc) is 3.15. The second kappa shape index (κ2) is 5.19. The molecule has 7 heteroatoms. The molecule has 22 heavy (non-hydrogen) atoms. The molecule has 0 N–H and O–H groups in total. The summed E-state index contributed by atoms with van der Waals surface area (Å²) >= 11 is 0. The van der Waals surface area contributed by atoms with Crippen LogP contribution in [0.25, 0.3) is 17.0 Å². The zero-order valence-electron chi connectivity index (χ0n) is 12.5. The first-order chi connectivity index (χ1) is 10.7. The first kappa shape index (κ1) is 13.4. The van der Waals surface area contributed by atoms with Crippen LogP contribution < -0.4 is 0 Å². The second-order valence-electron chi connectivity index (χ2n) is 5.69. The van der Waals surface area contributed by atoms with Gasteiger partial charge in [0.2, 0.25) is 5.82 Å². The van der Waals surface area contributed by atoms with E-state index in [9.17, 15) is 0 Å². The van der Waals surface area contributed by atoms with E-state index in [2.05, 4.69) is 27.1 Å². The van der Waals surface area contributed by atoms with Crippen molar-refractivity contribution < 1.29 is 9.26 Å². The van der Waals surface area contributed by atoms with Crippen LogP contribution in [0.15, 0.2) is 35.2 Å². The minimum Gasteiger partial charge on any atom is -0.363 e. The lowest BCUT2D eigenvalue weighted by Crippen LogP contribution is -2.40. The Morgan fingerprint density at radius 2 is 2.18 bits per heavy atom. The van der Waals surface area contributed by atoms with Crippen molar-refractivity contribution in [1.82, 2.24) is 24.4 Å². The molecule has 3 aromatic rings. The van der Waals surface area contributed by atoms with Gasteiger partial charge in [0.15, 0.2) is 0 Å². The van der Waals surface area contributed by atoms with Crippen LogP contribution in [-0.2, 0) is 4.74 Å². The van der Waals surface area contributed by atoms with Crippen LogP contribution in [0.4, 0.5) is 0 Å². The molecule has 0 amide bonds. The van der Waals surface area contributed by atoms with E-state index in [0.717, 1.165) is 24.3 Å². The van der Waals surface area contributed by atoms with Crippen LogP contribution in [0.2, 0.25) is 0 Å². The number of likely N-dealkylation sites (N-methyl/N-ethyl adjacent to an activating group) is 1. The monoisotopic (exact) mass is 299 g/mol. The van der Waals surface area contributed by atoms with Crippen molar-refractivity contribution in [3.05, 3.63) is 36.6 Å². The number of hydrogen-bond donors (Lipinski definition) is 0. The summed E-state index contributed by atoms with van der Waals surface area (Å²) in [5.41, 5.74) is 1.66. The summed E-state index contributed by atoms with van der Waals surface area (Å²) in [5, 5.41) is 4.10. The Morgan fingerprint density at radius 3 is 3.05 bits per heavy atom. The summed E-state index contributed by atoms with van der Waals surface area (Å²) in [6.07, 6.45) is 5.54. The van der Waals surface area contributed by atoms with Gasteiger partial charge in [0.25, 0.3) is 5.89 Å². The maximum absolute atomic E-state index is 5.91. The molecule has 0 spiro atoms. The summed E-state index contributed by atoms with van der Waals surface area (Å²) in [7, 11) is 2.06. The number of morpholine rings is 1. The van der Waals surface area contributed by atoms with E-state index in [1.165, 1.54) is 0 Å². The van der Waals surface area contributed by atoms with E-state index in [-0.39, 0.29) is 12.2 Å². The smallest absolute Gasteiger partial charge is 0.257 e. The van der Waals surface area contributed by atoms with Gasteiger partial charge < -0.3 is 18.6 Å². The van der Waals surface area contributed by atoms with E-state index in [1.54, 1.807) is 6.20 Å². The third-order valence-corrected chi connectivity index (χ3v) is 3.82. The number of imidazole rings is 1. The molecule has 0 radical (unpaired) electrons. The van der Waals surface area contributed by atoms with Crippen molar-refractivity contribution in [1.29, 1.82) is 0 Å².